The van der Waals surface area contributed by atoms with Crippen LogP contribution in [0.1, 0.15) is 15.9 Å². The van der Waals surface area contributed by atoms with Crippen LogP contribution < -0.4 is 11.1 Å². The Morgan fingerprint density at radius 3 is 3.00 bits per heavy atom. The third-order valence-corrected chi connectivity index (χ3v) is 2.26. The standard InChI is InChI=1S/C11H11N3O2/c1-7-3-2-4-9(10(7)12)11(15)14-8-5-13-16-6-8/h2-6H,12H2,1H3,(H,14,15). The van der Waals surface area contributed by atoms with Crippen LogP contribution in [-0.2, 0) is 0 Å². The molecule has 2 rings (SSSR count). The summed E-state index contributed by atoms with van der Waals surface area (Å²) in [5.41, 5.74) is 8.12. The summed E-state index contributed by atoms with van der Waals surface area (Å²) in [6.45, 7) is 1.85. The summed E-state index contributed by atoms with van der Waals surface area (Å²) in [7, 11) is 0. The number of rotatable bonds is 2. The van der Waals surface area contributed by atoms with Gasteiger partial charge in [0.05, 0.1) is 11.8 Å². The second kappa shape index (κ2) is 4.06. The molecule has 5 heteroatoms. The van der Waals surface area contributed by atoms with Gasteiger partial charge in [0.2, 0.25) is 0 Å². The van der Waals surface area contributed by atoms with Crippen molar-refractivity contribution < 1.29 is 9.32 Å². The summed E-state index contributed by atoms with van der Waals surface area (Å²) < 4.78 is 4.61. The highest BCUT2D eigenvalue weighted by Crippen LogP contribution is 2.17. The largest absolute Gasteiger partial charge is 0.398 e. The van der Waals surface area contributed by atoms with E-state index >= 15 is 0 Å². The molecule has 16 heavy (non-hydrogen) atoms. The fourth-order valence-electron chi connectivity index (χ4n) is 1.34. The highest BCUT2D eigenvalue weighted by molar-refractivity contribution is 6.07. The van der Waals surface area contributed by atoms with Crippen LogP contribution in [0.2, 0.25) is 0 Å². The minimum atomic E-state index is -0.274. The minimum absolute atomic E-state index is 0.274. The monoisotopic (exact) mass is 217 g/mol. The first-order valence-electron chi connectivity index (χ1n) is 4.74. The number of amides is 1. The molecule has 1 heterocycles. The topological polar surface area (TPSA) is 81.2 Å². The SMILES string of the molecule is Cc1cccc(C(=O)Nc2cnoc2)c1N. The molecule has 82 valence electrons. The zero-order chi connectivity index (χ0) is 11.5. The first-order chi connectivity index (χ1) is 7.68. The molecule has 1 aromatic carbocycles. The van der Waals surface area contributed by atoms with E-state index in [0.29, 0.717) is 16.9 Å². The number of nitrogen functional groups attached to an aromatic ring is 1. The van der Waals surface area contributed by atoms with E-state index in [4.69, 9.17) is 5.73 Å². The van der Waals surface area contributed by atoms with Crippen LogP contribution in [0.5, 0.6) is 0 Å². The number of nitrogens with two attached hydrogens (primary N) is 1. The fraction of sp³-hybridized carbons (Fsp3) is 0.0909. The number of nitrogens with zero attached hydrogens (tertiary/aromatic N) is 1. The molecule has 1 amide bonds. The van der Waals surface area contributed by atoms with Crippen molar-refractivity contribution in [2.24, 2.45) is 0 Å². The average molecular weight is 217 g/mol. The molecule has 0 radical (unpaired) electrons. The normalized spacial score (nSPS) is 10.1. The van der Waals surface area contributed by atoms with Crippen LogP contribution in [0.4, 0.5) is 11.4 Å². The van der Waals surface area contributed by atoms with Crippen LogP contribution in [-0.4, -0.2) is 11.1 Å². The Morgan fingerprint density at radius 2 is 2.31 bits per heavy atom. The molecule has 2 aromatic rings. The van der Waals surface area contributed by atoms with Crippen molar-refractivity contribution in [1.82, 2.24) is 5.16 Å². The second-order valence-corrected chi connectivity index (χ2v) is 3.40. The van der Waals surface area contributed by atoms with E-state index in [2.05, 4.69) is 15.0 Å². The number of hydrogen-bond acceptors (Lipinski definition) is 4. The van der Waals surface area contributed by atoms with Gasteiger partial charge < -0.3 is 15.6 Å². The number of anilines is 2. The first kappa shape index (κ1) is 10.2. The molecule has 0 bridgehead atoms. The summed E-state index contributed by atoms with van der Waals surface area (Å²) in [6.07, 6.45) is 2.77. The van der Waals surface area contributed by atoms with Crippen molar-refractivity contribution in [2.45, 2.75) is 6.92 Å². The van der Waals surface area contributed by atoms with Gasteiger partial charge in [-0.1, -0.05) is 17.3 Å². The first-order valence-corrected chi connectivity index (χ1v) is 4.74. The molecule has 0 saturated carbocycles. The Morgan fingerprint density at radius 1 is 1.50 bits per heavy atom. The molecule has 3 N–H and O–H groups in total. The van der Waals surface area contributed by atoms with Crippen molar-refractivity contribution in [2.75, 3.05) is 11.1 Å². The van der Waals surface area contributed by atoms with Gasteiger partial charge in [0.1, 0.15) is 12.0 Å². The Hall–Kier alpha value is -2.30. The maximum atomic E-state index is 11.8. The quantitative estimate of drug-likeness (QED) is 0.752. The number of para-hydroxylation sites is 1. The number of carbonyl (C=O) groups is 1. The van der Waals surface area contributed by atoms with E-state index in [1.165, 1.54) is 12.5 Å². The molecule has 0 fully saturated rings. The van der Waals surface area contributed by atoms with Gasteiger partial charge in [0.15, 0.2) is 0 Å². The van der Waals surface area contributed by atoms with Gasteiger partial charge >= 0.3 is 0 Å². The van der Waals surface area contributed by atoms with Crippen LogP contribution in [0.3, 0.4) is 0 Å². The smallest absolute Gasteiger partial charge is 0.257 e. The van der Waals surface area contributed by atoms with Crippen molar-refractivity contribution in [3.63, 3.8) is 0 Å². The summed E-state index contributed by atoms with van der Waals surface area (Å²) in [5.74, 6) is -0.274. The molecule has 5 nitrogen and oxygen atoms in total. The Labute approximate surface area is 92.2 Å². The highest BCUT2D eigenvalue weighted by Gasteiger charge is 2.11. The predicted octanol–water partition coefficient (Wildman–Crippen LogP) is 1.82. The van der Waals surface area contributed by atoms with E-state index in [1.54, 1.807) is 12.1 Å². The van der Waals surface area contributed by atoms with Gasteiger partial charge in [0, 0.05) is 5.69 Å². The summed E-state index contributed by atoms with van der Waals surface area (Å²) in [6, 6.07) is 5.31. The minimum Gasteiger partial charge on any atom is -0.398 e. The Balaban J connectivity index is 2.24. The lowest BCUT2D eigenvalue weighted by Gasteiger charge is -2.07. The Kier molecular flexibility index (Phi) is 2.59. The van der Waals surface area contributed by atoms with E-state index in [-0.39, 0.29) is 5.91 Å². The van der Waals surface area contributed by atoms with Crippen molar-refractivity contribution >= 4 is 17.3 Å². The van der Waals surface area contributed by atoms with Crippen LogP contribution in [0.15, 0.2) is 35.2 Å². The van der Waals surface area contributed by atoms with E-state index in [0.717, 1.165) is 5.56 Å². The summed E-state index contributed by atoms with van der Waals surface area (Å²) >= 11 is 0. The number of nitrogens with one attached hydrogen (secondary N) is 1. The molecule has 0 atom stereocenters. The Bertz CT molecular complexity index is 506. The molecule has 0 aliphatic rings. The predicted molar refractivity (Wildman–Crippen MR) is 60.0 cm³/mol. The van der Waals surface area contributed by atoms with E-state index < -0.39 is 0 Å². The summed E-state index contributed by atoms with van der Waals surface area (Å²) in [4.78, 5) is 11.8. The van der Waals surface area contributed by atoms with Crippen molar-refractivity contribution in [1.29, 1.82) is 0 Å². The van der Waals surface area contributed by atoms with Crippen LogP contribution in [0, 0.1) is 6.92 Å². The number of hydrogen-bond donors (Lipinski definition) is 2. The van der Waals surface area contributed by atoms with Crippen LogP contribution in [0.25, 0.3) is 0 Å². The third kappa shape index (κ3) is 1.88. The average Bonchev–Trinajstić information content (AvgIpc) is 2.74. The third-order valence-electron chi connectivity index (χ3n) is 2.26. The van der Waals surface area contributed by atoms with Gasteiger partial charge in [-0.2, -0.15) is 0 Å². The molecule has 1 aromatic heterocycles. The number of aromatic nitrogens is 1. The van der Waals surface area contributed by atoms with Crippen LogP contribution >= 0.6 is 0 Å². The molecule has 0 unspecified atom stereocenters. The van der Waals surface area contributed by atoms with E-state index in [9.17, 15) is 4.79 Å². The van der Waals surface area contributed by atoms with Gasteiger partial charge in [-0.05, 0) is 18.6 Å². The maximum Gasteiger partial charge on any atom is 0.257 e. The van der Waals surface area contributed by atoms with Gasteiger partial charge in [-0.15, -0.1) is 0 Å². The van der Waals surface area contributed by atoms with Crippen molar-refractivity contribution in [3.8, 4) is 0 Å². The van der Waals surface area contributed by atoms with Gasteiger partial charge in [-0.25, -0.2) is 0 Å². The number of carbonyl (C=O) groups excluding carboxylic acids is 1. The highest BCUT2D eigenvalue weighted by atomic mass is 16.5. The van der Waals surface area contributed by atoms with Gasteiger partial charge in [-0.3, -0.25) is 4.79 Å². The van der Waals surface area contributed by atoms with Crippen molar-refractivity contribution in [3.05, 3.63) is 41.8 Å². The number of benzene rings is 1. The zero-order valence-electron chi connectivity index (χ0n) is 8.73. The van der Waals surface area contributed by atoms with E-state index in [1.807, 2.05) is 13.0 Å². The fourth-order valence-corrected chi connectivity index (χ4v) is 1.34. The molecular weight excluding hydrogens is 206 g/mol. The number of aryl methyl sites for hydroxylation is 1. The summed E-state index contributed by atoms with van der Waals surface area (Å²) in [5, 5.41) is 6.12. The van der Waals surface area contributed by atoms with Gasteiger partial charge in [0.25, 0.3) is 5.91 Å². The molecule has 0 spiro atoms. The zero-order valence-corrected chi connectivity index (χ0v) is 8.73. The lowest BCUT2D eigenvalue weighted by atomic mass is 10.1. The molecular formula is C11H11N3O2. The molecule has 0 aliphatic heterocycles. The molecule has 0 saturated heterocycles. The lowest BCUT2D eigenvalue weighted by molar-refractivity contribution is 0.102. The molecule has 0 aliphatic carbocycles. The maximum absolute atomic E-state index is 11.8. The second-order valence-electron chi connectivity index (χ2n) is 3.40. The lowest BCUT2D eigenvalue weighted by Crippen LogP contribution is -2.14.